The van der Waals surface area contributed by atoms with E-state index in [1.807, 2.05) is 6.07 Å². The molecule has 0 spiro atoms. The number of hydrazone groups is 1. The SMILES string of the molecule is N#Cc1c(N)cc(/C(=N/Nc2ccccc2)C(=O)O)cc1-c1ccc(Cl)cc1. The third-order valence-electron chi connectivity index (χ3n) is 3.98. The molecule has 0 aliphatic carbocycles. The maximum Gasteiger partial charge on any atom is 0.356 e. The third-order valence-corrected chi connectivity index (χ3v) is 4.23. The zero-order valence-electron chi connectivity index (χ0n) is 14.6. The minimum atomic E-state index is -1.23. The van der Waals surface area contributed by atoms with Gasteiger partial charge in [-0.15, -0.1) is 0 Å². The summed E-state index contributed by atoms with van der Waals surface area (Å²) in [7, 11) is 0. The second-order valence-electron chi connectivity index (χ2n) is 5.85. The number of halogens is 1. The summed E-state index contributed by atoms with van der Waals surface area (Å²) < 4.78 is 0. The molecule has 3 aromatic rings. The van der Waals surface area contributed by atoms with Gasteiger partial charge in [-0.05, 0) is 42.0 Å². The Kier molecular flexibility index (Phi) is 5.58. The van der Waals surface area contributed by atoms with E-state index in [0.29, 0.717) is 21.8 Å². The van der Waals surface area contributed by atoms with Gasteiger partial charge in [-0.1, -0.05) is 41.9 Å². The van der Waals surface area contributed by atoms with Crippen molar-refractivity contribution in [1.29, 1.82) is 5.26 Å². The average molecular weight is 391 g/mol. The molecule has 6 nitrogen and oxygen atoms in total. The van der Waals surface area contributed by atoms with Gasteiger partial charge in [-0.2, -0.15) is 10.4 Å². The highest BCUT2D eigenvalue weighted by atomic mass is 35.5. The molecule has 0 aliphatic rings. The number of nitriles is 1. The van der Waals surface area contributed by atoms with Crippen molar-refractivity contribution >= 4 is 34.7 Å². The minimum absolute atomic E-state index is 0.165. The molecule has 0 aromatic heterocycles. The van der Waals surface area contributed by atoms with Crippen molar-refractivity contribution in [1.82, 2.24) is 0 Å². The quantitative estimate of drug-likeness (QED) is 0.340. The fourth-order valence-electron chi connectivity index (χ4n) is 2.65. The number of nitrogen functional groups attached to an aromatic ring is 1. The van der Waals surface area contributed by atoms with Crippen LogP contribution in [0.3, 0.4) is 0 Å². The van der Waals surface area contributed by atoms with E-state index in [1.54, 1.807) is 54.6 Å². The normalized spacial score (nSPS) is 10.9. The Morgan fingerprint density at radius 3 is 2.39 bits per heavy atom. The number of carbonyl (C=O) groups is 1. The molecule has 0 saturated carbocycles. The Bertz CT molecular complexity index is 1090. The van der Waals surface area contributed by atoms with Crippen molar-refractivity contribution in [2.75, 3.05) is 11.2 Å². The smallest absolute Gasteiger partial charge is 0.356 e. The zero-order valence-corrected chi connectivity index (χ0v) is 15.3. The molecule has 0 atom stereocenters. The molecule has 0 aliphatic heterocycles. The highest BCUT2D eigenvalue weighted by Gasteiger charge is 2.18. The molecular weight excluding hydrogens is 376 g/mol. The van der Waals surface area contributed by atoms with Gasteiger partial charge in [0.1, 0.15) is 6.07 Å². The van der Waals surface area contributed by atoms with Gasteiger partial charge < -0.3 is 10.8 Å². The molecular formula is C21H15ClN4O2. The van der Waals surface area contributed by atoms with Crippen LogP contribution in [0.15, 0.2) is 71.8 Å². The van der Waals surface area contributed by atoms with Gasteiger partial charge in [-0.25, -0.2) is 4.79 Å². The lowest BCUT2D eigenvalue weighted by Crippen LogP contribution is -2.17. The standard InChI is InChI=1S/C21H15ClN4O2/c22-15-8-6-13(7-9-15)17-10-14(11-19(24)18(17)12-23)20(21(27)28)26-25-16-4-2-1-3-5-16/h1-11,25H,24H2,(H,27,28)/b26-20-. The molecule has 3 rings (SSSR count). The van der Waals surface area contributed by atoms with E-state index in [4.69, 9.17) is 17.3 Å². The van der Waals surface area contributed by atoms with E-state index in [-0.39, 0.29) is 22.5 Å². The third kappa shape index (κ3) is 4.11. The Balaban J connectivity index is 2.10. The summed E-state index contributed by atoms with van der Waals surface area (Å²) in [5, 5.41) is 23.7. The first-order valence-corrected chi connectivity index (χ1v) is 8.59. The number of anilines is 2. The molecule has 0 unspecified atom stereocenters. The number of rotatable bonds is 5. The molecule has 0 heterocycles. The second-order valence-corrected chi connectivity index (χ2v) is 6.29. The van der Waals surface area contributed by atoms with Crippen molar-refractivity contribution in [3.63, 3.8) is 0 Å². The number of benzene rings is 3. The molecule has 28 heavy (non-hydrogen) atoms. The summed E-state index contributed by atoms with van der Waals surface area (Å²) in [6.45, 7) is 0. The van der Waals surface area contributed by atoms with Crippen molar-refractivity contribution in [2.24, 2.45) is 5.10 Å². The lowest BCUT2D eigenvalue weighted by atomic mass is 9.95. The Labute approximate surface area is 166 Å². The molecule has 0 radical (unpaired) electrons. The number of nitrogens with two attached hydrogens (primary N) is 1. The summed E-state index contributed by atoms with van der Waals surface area (Å²) in [4.78, 5) is 11.8. The number of hydrogen-bond acceptors (Lipinski definition) is 5. The van der Waals surface area contributed by atoms with Crippen molar-refractivity contribution in [3.8, 4) is 17.2 Å². The van der Waals surface area contributed by atoms with Crippen LogP contribution in [0.1, 0.15) is 11.1 Å². The maximum atomic E-state index is 11.8. The number of carboxylic acid groups (broad SMARTS) is 1. The average Bonchev–Trinajstić information content (AvgIpc) is 2.69. The molecule has 0 fully saturated rings. The summed E-state index contributed by atoms with van der Waals surface area (Å²) in [6, 6.07) is 20.9. The van der Waals surface area contributed by atoms with Crippen LogP contribution in [0.4, 0.5) is 11.4 Å². The second kappa shape index (κ2) is 8.25. The van der Waals surface area contributed by atoms with Gasteiger partial charge in [0.2, 0.25) is 0 Å². The van der Waals surface area contributed by atoms with Gasteiger partial charge in [0.05, 0.1) is 16.9 Å². The van der Waals surface area contributed by atoms with E-state index in [9.17, 15) is 15.2 Å². The highest BCUT2D eigenvalue weighted by Crippen LogP contribution is 2.30. The monoisotopic (exact) mass is 390 g/mol. The minimum Gasteiger partial charge on any atom is -0.476 e. The number of carboxylic acids is 1. The summed E-state index contributed by atoms with van der Waals surface area (Å²) in [5.41, 5.74) is 11.1. The molecule has 7 heteroatoms. The first-order chi connectivity index (χ1) is 13.5. The zero-order chi connectivity index (χ0) is 20.1. The number of aliphatic carboxylic acids is 1. The van der Waals surface area contributed by atoms with Gasteiger partial charge in [0.25, 0.3) is 0 Å². The first kappa shape index (κ1) is 19.0. The molecule has 4 N–H and O–H groups in total. The van der Waals surface area contributed by atoms with Crippen LogP contribution in [0.25, 0.3) is 11.1 Å². The van der Waals surface area contributed by atoms with E-state index in [2.05, 4.69) is 16.6 Å². The maximum absolute atomic E-state index is 11.8. The number of nitrogens with zero attached hydrogens (tertiary/aromatic N) is 2. The van der Waals surface area contributed by atoms with Crippen LogP contribution in [0.2, 0.25) is 5.02 Å². The van der Waals surface area contributed by atoms with Gasteiger partial charge >= 0.3 is 5.97 Å². The van der Waals surface area contributed by atoms with Gasteiger partial charge in [0.15, 0.2) is 5.71 Å². The molecule has 138 valence electrons. The van der Waals surface area contributed by atoms with Crippen LogP contribution in [-0.4, -0.2) is 16.8 Å². The number of para-hydroxylation sites is 1. The van der Waals surface area contributed by atoms with E-state index < -0.39 is 5.97 Å². The molecule has 0 saturated heterocycles. The van der Waals surface area contributed by atoms with Gasteiger partial charge in [0, 0.05) is 16.1 Å². The summed E-state index contributed by atoms with van der Waals surface area (Å²) in [5.74, 6) is -1.23. The Hall–Kier alpha value is -3.82. The van der Waals surface area contributed by atoms with Crippen LogP contribution >= 0.6 is 11.6 Å². The fraction of sp³-hybridized carbons (Fsp3) is 0. The van der Waals surface area contributed by atoms with E-state index >= 15 is 0 Å². The van der Waals surface area contributed by atoms with Crippen LogP contribution in [-0.2, 0) is 4.79 Å². The molecule has 0 bridgehead atoms. The van der Waals surface area contributed by atoms with Crippen LogP contribution < -0.4 is 11.2 Å². The lowest BCUT2D eigenvalue weighted by Gasteiger charge is -2.11. The number of hydrogen-bond donors (Lipinski definition) is 3. The topological polar surface area (TPSA) is 112 Å². The summed E-state index contributed by atoms with van der Waals surface area (Å²) in [6.07, 6.45) is 0. The van der Waals surface area contributed by atoms with Crippen LogP contribution in [0.5, 0.6) is 0 Å². The van der Waals surface area contributed by atoms with Crippen LogP contribution in [0, 0.1) is 11.3 Å². The van der Waals surface area contributed by atoms with E-state index in [0.717, 1.165) is 0 Å². The highest BCUT2D eigenvalue weighted by molar-refractivity contribution is 6.43. The van der Waals surface area contributed by atoms with Crippen molar-refractivity contribution in [3.05, 3.63) is 82.9 Å². The largest absolute Gasteiger partial charge is 0.476 e. The molecule has 0 amide bonds. The predicted molar refractivity (Wildman–Crippen MR) is 110 cm³/mol. The van der Waals surface area contributed by atoms with E-state index in [1.165, 1.54) is 6.07 Å². The Morgan fingerprint density at radius 2 is 1.79 bits per heavy atom. The molecule has 3 aromatic carbocycles. The number of nitrogens with one attached hydrogen (secondary N) is 1. The Morgan fingerprint density at radius 1 is 1.11 bits per heavy atom. The fourth-order valence-corrected chi connectivity index (χ4v) is 2.78. The predicted octanol–water partition coefficient (Wildman–Crippen LogP) is 4.36. The van der Waals surface area contributed by atoms with Crippen molar-refractivity contribution in [2.45, 2.75) is 0 Å². The summed E-state index contributed by atoms with van der Waals surface area (Å²) >= 11 is 5.93. The first-order valence-electron chi connectivity index (χ1n) is 8.21. The van der Waals surface area contributed by atoms with Gasteiger partial charge in [-0.3, -0.25) is 5.43 Å². The lowest BCUT2D eigenvalue weighted by molar-refractivity contribution is -0.129. The van der Waals surface area contributed by atoms with Crippen molar-refractivity contribution < 1.29 is 9.90 Å².